The van der Waals surface area contributed by atoms with Crippen LogP contribution in [0.3, 0.4) is 0 Å². The van der Waals surface area contributed by atoms with E-state index in [1.807, 2.05) is 6.92 Å². The van der Waals surface area contributed by atoms with Gasteiger partial charge in [-0.3, -0.25) is 0 Å². The largest absolute Gasteiger partial charge is 0.389 e. The van der Waals surface area contributed by atoms with E-state index in [9.17, 15) is 5.11 Å². The van der Waals surface area contributed by atoms with Gasteiger partial charge in [-0.25, -0.2) is 9.97 Å². The zero-order chi connectivity index (χ0) is 12.4. The standard InChI is InChI=1S/C12H20N4O/c1-9-11(10(2)17)8-13-12(14-9)16-6-4-15(3)5-7-16/h8,10,17H,4-7H2,1-3H3. The molecular weight excluding hydrogens is 216 g/mol. The van der Waals surface area contributed by atoms with Crippen molar-refractivity contribution in [2.75, 3.05) is 38.1 Å². The van der Waals surface area contributed by atoms with Crippen LogP contribution in [-0.4, -0.2) is 53.2 Å². The highest BCUT2D eigenvalue weighted by atomic mass is 16.3. The maximum Gasteiger partial charge on any atom is 0.225 e. The minimum atomic E-state index is -0.503. The van der Waals surface area contributed by atoms with Crippen LogP contribution in [0.15, 0.2) is 6.20 Å². The van der Waals surface area contributed by atoms with E-state index in [1.54, 1.807) is 13.1 Å². The minimum absolute atomic E-state index is 0.503. The molecule has 0 bridgehead atoms. The first kappa shape index (κ1) is 12.3. The van der Waals surface area contributed by atoms with Crippen molar-refractivity contribution in [2.24, 2.45) is 0 Å². The Balaban J connectivity index is 2.14. The highest BCUT2D eigenvalue weighted by Crippen LogP contribution is 2.17. The molecule has 1 aromatic heterocycles. The number of hydrogen-bond acceptors (Lipinski definition) is 5. The molecule has 1 aromatic rings. The van der Waals surface area contributed by atoms with Gasteiger partial charge < -0.3 is 14.9 Å². The van der Waals surface area contributed by atoms with Crippen LogP contribution in [0.2, 0.25) is 0 Å². The van der Waals surface area contributed by atoms with Crippen molar-refractivity contribution in [3.8, 4) is 0 Å². The van der Waals surface area contributed by atoms with Crippen LogP contribution in [-0.2, 0) is 0 Å². The third-order valence-corrected chi connectivity index (χ3v) is 3.24. The van der Waals surface area contributed by atoms with Crippen LogP contribution in [0.25, 0.3) is 0 Å². The van der Waals surface area contributed by atoms with Gasteiger partial charge in [-0.15, -0.1) is 0 Å². The Hall–Kier alpha value is -1.20. The summed E-state index contributed by atoms with van der Waals surface area (Å²) in [5.41, 5.74) is 1.67. The van der Waals surface area contributed by atoms with Crippen LogP contribution in [0.1, 0.15) is 24.3 Å². The molecule has 0 saturated carbocycles. The maximum atomic E-state index is 9.54. The van der Waals surface area contributed by atoms with Crippen molar-refractivity contribution in [2.45, 2.75) is 20.0 Å². The third kappa shape index (κ3) is 2.73. The van der Waals surface area contributed by atoms with Crippen molar-refractivity contribution in [3.63, 3.8) is 0 Å². The number of aliphatic hydroxyl groups is 1. The second kappa shape index (κ2) is 4.98. The molecule has 1 fully saturated rings. The van der Waals surface area contributed by atoms with Crippen LogP contribution in [0, 0.1) is 6.92 Å². The van der Waals surface area contributed by atoms with Crippen molar-refractivity contribution >= 4 is 5.95 Å². The molecule has 0 radical (unpaired) electrons. The predicted molar refractivity (Wildman–Crippen MR) is 67.1 cm³/mol. The van der Waals surface area contributed by atoms with Crippen molar-refractivity contribution in [1.29, 1.82) is 0 Å². The number of piperazine rings is 1. The van der Waals surface area contributed by atoms with E-state index in [-0.39, 0.29) is 0 Å². The molecule has 2 heterocycles. The first-order valence-corrected chi connectivity index (χ1v) is 6.03. The summed E-state index contributed by atoms with van der Waals surface area (Å²) in [4.78, 5) is 13.3. The molecule has 5 heteroatoms. The molecule has 1 atom stereocenters. The average Bonchev–Trinajstić information content (AvgIpc) is 2.29. The molecule has 1 aliphatic rings. The van der Waals surface area contributed by atoms with E-state index in [2.05, 4.69) is 26.8 Å². The Kier molecular flexibility index (Phi) is 3.59. The van der Waals surface area contributed by atoms with Crippen molar-refractivity contribution in [1.82, 2.24) is 14.9 Å². The number of aryl methyl sites for hydroxylation is 1. The number of aromatic nitrogens is 2. The Labute approximate surface area is 102 Å². The molecule has 0 aromatic carbocycles. The van der Waals surface area contributed by atoms with E-state index < -0.39 is 6.10 Å². The molecule has 1 aliphatic heterocycles. The fraction of sp³-hybridized carbons (Fsp3) is 0.667. The van der Waals surface area contributed by atoms with Gasteiger partial charge in [0.1, 0.15) is 0 Å². The zero-order valence-corrected chi connectivity index (χ0v) is 10.7. The number of likely N-dealkylation sites (N-methyl/N-ethyl adjacent to an activating group) is 1. The molecule has 94 valence electrons. The Bertz CT molecular complexity index is 386. The first-order valence-electron chi connectivity index (χ1n) is 6.03. The van der Waals surface area contributed by atoms with Gasteiger partial charge in [0.2, 0.25) is 5.95 Å². The van der Waals surface area contributed by atoms with E-state index >= 15 is 0 Å². The van der Waals surface area contributed by atoms with E-state index in [0.717, 1.165) is 43.4 Å². The SMILES string of the molecule is Cc1nc(N2CCN(C)CC2)ncc1C(C)O. The smallest absolute Gasteiger partial charge is 0.225 e. The quantitative estimate of drug-likeness (QED) is 0.814. The molecule has 0 aliphatic carbocycles. The number of nitrogens with zero attached hydrogens (tertiary/aromatic N) is 4. The summed E-state index contributed by atoms with van der Waals surface area (Å²) in [5.74, 6) is 0.778. The molecule has 17 heavy (non-hydrogen) atoms. The normalized spacial score (nSPS) is 19.4. The Morgan fingerprint density at radius 2 is 1.94 bits per heavy atom. The van der Waals surface area contributed by atoms with Gasteiger partial charge in [0.15, 0.2) is 0 Å². The molecular formula is C12H20N4O. The van der Waals surface area contributed by atoms with Gasteiger partial charge in [-0.2, -0.15) is 0 Å². The number of anilines is 1. The van der Waals surface area contributed by atoms with E-state index in [4.69, 9.17) is 0 Å². The summed E-state index contributed by atoms with van der Waals surface area (Å²) >= 11 is 0. The zero-order valence-electron chi connectivity index (χ0n) is 10.7. The van der Waals surface area contributed by atoms with Crippen LogP contribution >= 0.6 is 0 Å². The third-order valence-electron chi connectivity index (χ3n) is 3.24. The van der Waals surface area contributed by atoms with Gasteiger partial charge in [0.05, 0.1) is 6.10 Å². The lowest BCUT2D eigenvalue weighted by atomic mass is 10.1. The number of hydrogen-bond donors (Lipinski definition) is 1. The van der Waals surface area contributed by atoms with Crippen LogP contribution in [0.5, 0.6) is 0 Å². The summed E-state index contributed by atoms with van der Waals surface area (Å²) < 4.78 is 0. The minimum Gasteiger partial charge on any atom is -0.389 e. The molecule has 2 rings (SSSR count). The van der Waals surface area contributed by atoms with Crippen LogP contribution in [0.4, 0.5) is 5.95 Å². The highest BCUT2D eigenvalue weighted by Gasteiger charge is 2.17. The Morgan fingerprint density at radius 3 is 2.47 bits per heavy atom. The monoisotopic (exact) mass is 236 g/mol. The van der Waals surface area contributed by atoms with Gasteiger partial charge in [-0.1, -0.05) is 0 Å². The van der Waals surface area contributed by atoms with Gasteiger partial charge in [-0.05, 0) is 20.9 Å². The summed E-state index contributed by atoms with van der Waals surface area (Å²) in [6.45, 7) is 7.67. The second-order valence-corrected chi connectivity index (χ2v) is 4.68. The van der Waals surface area contributed by atoms with Crippen molar-refractivity contribution < 1.29 is 5.11 Å². The van der Waals surface area contributed by atoms with Crippen molar-refractivity contribution in [3.05, 3.63) is 17.5 Å². The summed E-state index contributed by atoms with van der Waals surface area (Å²) in [5, 5.41) is 9.54. The summed E-state index contributed by atoms with van der Waals surface area (Å²) in [6.07, 6.45) is 1.23. The molecule has 1 saturated heterocycles. The lowest BCUT2D eigenvalue weighted by molar-refractivity contribution is 0.197. The van der Waals surface area contributed by atoms with E-state index in [1.165, 1.54) is 0 Å². The maximum absolute atomic E-state index is 9.54. The highest BCUT2D eigenvalue weighted by molar-refractivity contribution is 5.34. The molecule has 0 spiro atoms. The van der Waals surface area contributed by atoms with E-state index in [0.29, 0.717) is 0 Å². The van der Waals surface area contributed by atoms with Gasteiger partial charge in [0, 0.05) is 43.6 Å². The number of rotatable bonds is 2. The molecule has 1 unspecified atom stereocenters. The lowest BCUT2D eigenvalue weighted by Crippen LogP contribution is -2.45. The lowest BCUT2D eigenvalue weighted by Gasteiger charge is -2.32. The second-order valence-electron chi connectivity index (χ2n) is 4.68. The molecule has 0 amide bonds. The fourth-order valence-corrected chi connectivity index (χ4v) is 2.03. The summed E-state index contributed by atoms with van der Waals surface area (Å²) in [7, 11) is 2.12. The fourth-order valence-electron chi connectivity index (χ4n) is 2.03. The topological polar surface area (TPSA) is 52.5 Å². The van der Waals surface area contributed by atoms with Crippen LogP contribution < -0.4 is 4.90 Å². The Morgan fingerprint density at radius 1 is 1.29 bits per heavy atom. The van der Waals surface area contributed by atoms with Gasteiger partial charge >= 0.3 is 0 Å². The predicted octanol–water partition coefficient (Wildman–Crippen LogP) is 0.590. The first-order chi connectivity index (χ1) is 8.08. The molecule has 1 N–H and O–H groups in total. The number of aliphatic hydroxyl groups excluding tert-OH is 1. The molecule has 5 nitrogen and oxygen atoms in total. The summed E-state index contributed by atoms with van der Waals surface area (Å²) in [6, 6.07) is 0. The van der Waals surface area contributed by atoms with Gasteiger partial charge in [0.25, 0.3) is 0 Å². The average molecular weight is 236 g/mol.